The van der Waals surface area contributed by atoms with Crippen molar-refractivity contribution < 1.29 is 14.3 Å². The molecule has 1 aromatic carbocycles. The number of anilines is 1. The molecular weight excluding hydrogens is 364 g/mol. The summed E-state index contributed by atoms with van der Waals surface area (Å²) in [6.45, 7) is 9.34. The molecule has 3 aliphatic rings. The highest BCUT2D eigenvalue weighted by molar-refractivity contribution is 5.92. The largest absolute Gasteiger partial charge is 0.465 e. The quantitative estimate of drug-likeness (QED) is 0.587. The Hall–Kier alpha value is -2.14. The number of allylic oxidation sites excluding steroid dienone is 1. The van der Waals surface area contributed by atoms with E-state index in [0.29, 0.717) is 19.6 Å². The Morgan fingerprint density at radius 1 is 1.28 bits per heavy atom. The summed E-state index contributed by atoms with van der Waals surface area (Å²) < 4.78 is 5.36. The highest BCUT2D eigenvalue weighted by atomic mass is 16.5. The van der Waals surface area contributed by atoms with Crippen molar-refractivity contribution in [1.29, 1.82) is 0 Å². The number of benzene rings is 1. The van der Waals surface area contributed by atoms with E-state index in [4.69, 9.17) is 4.74 Å². The normalized spacial score (nSPS) is 27.7. The Balaban J connectivity index is 1.32. The molecule has 0 spiro atoms. The maximum atomic E-state index is 12.4. The molecule has 1 N–H and O–H groups in total. The van der Waals surface area contributed by atoms with Crippen LogP contribution in [0.15, 0.2) is 36.4 Å². The minimum absolute atomic E-state index is 0.0396. The molecule has 1 saturated carbocycles. The molecule has 29 heavy (non-hydrogen) atoms. The van der Waals surface area contributed by atoms with Gasteiger partial charge >= 0.3 is 5.97 Å². The second-order valence-corrected chi connectivity index (χ2v) is 9.13. The lowest BCUT2D eigenvalue weighted by Crippen LogP contribution is -2.39. The number of hydrogen-bond donors (Lipinski definition) is 1. The van der Waals surface area contributed by atoms with Crippen LogP contribution in [0.3, 0.4) is 0 Å². The van der Waals surface area contributed by atoms with Crippen LogP contribution in [-0.4, -0.2) is 43.0 Å². The molecule has 2 atom stereocenters. The molecule has 1 amide bonds. The fourth-order valence-electron chi connectivity index (χ4n) is 5.29. The van der Waals surface area contributed by atoms with Crippen LogP contribution in [0.1, 0.15) is 44.6 Å². The van der Waals surface area contributed by atoms with Crippen molar-refractivity contribution in [3.05, 3.63) is 42.0 Å². The molecule has 3 fully saturated rings. The van der Waals surface area contributed by atoms with Gasteiger partial charge < -0.3 is 10.1 Å². The lowest BCUT2D eigenvalue weighted by molar-refractivity contribution is -0.146. The zero-order valence-corrected chi connectivity index (χ0v) is 17.4. The van der Waals surface area contributed by atoms with Gasteiger partial charge in [0.15, 0.2) is 0 Å². The van der Waals surface area contributed by atoms with Crippen LogP contribution in [0, 0.1) is 17.3 Å². The first-order valence-corrected chi connectivity index (χ1v) is 10.9. The SMILES string of the molecule is C=C1CC2COC(=O)C2(Cc2ccc(NC(=O)CN3CCC(CC)CC3)cc2)C1. The fraction of sp³-hybridized carbons (Fsp3) is 0.583. The van der Waals surface area contributed by atoms with Crippen LogP contribution < -0.4 is 5.32 Å². The van der Waals surface area contributed by atoms with Gasteiger partial charge in [0, 0.05) is 11.6 Å². The molecule has 5 heteroatoms. The monoisotopic (exact) mass is 396 g/mol. The molecule has 0 aromatic heterocycles. The topological polar surface area (TPSA) is 58.6 Å². The van der Waals surface area contributed by atoms with Crippen molar-refractivity contribution in [2.45, 2.75) is 45.4 Å². The molecule has 0 bridgehead atoms. The first-order chi connectivity index (χ1) is 14.0. The van der Waals surface area contributed by atoms with E-state index in [-0.39, 0.29) is 17.8 Å². The molecule has 4 rings (SSSR count). The van der Waals surface area contributed by atoms with Gasteiger partial charge in [0.2, 0.25) is 5.91 Å². The Bertz CT molecular complexity index is 780. The van der Waals surface area contributed by atoms with E-state index in [1.54, 1.807) is 0 Å². The minimum Gasteiger partial charge on any atom is -0.465 e. The number of ether oxygens (including phenoxy) is 1. The lowest BCUT2D eigenvalue weighted by Gasteiger charge is -2.30. The van der Waals surface area contributed by atoms with E-state index in [0.717, 1.165) is 48.7 Å². The minimum atomic E-state index is -0.438. The summed E-state index contributed by atoms with van der Waals surface area (Å²) in [5.41, 5.74) is 2.62. The first kappa shape index (κ1) is 20.1. The van der Waals surface area contributed by atoms with Crippen molar-refractivity contribution >= 4 is 17.6 Å². The maximum Gasteiger partial charge on any atom is 0.313 e. The van der Waals surface area contributed by atoms with Crippen molar-refractivity contribution in [2.75, 3.05) is 31.6 Å². The van der Waals surface area contributed by atoms with Crippen LogP contribution in [0.2, 0.25) is 0 Å². The number of nitrogens with one attached hydrogen (secondary N) is 1. The third-order valence-electron chi connectivity index (χ3n) is 7.11. The molecule has 2 aliphatic heterocycles. The maximum absolute atomic E-state index is 12.4. The fourth-order valence-corrected chi connectivity index (χ4v) is 5.29. The summed E-state index contributed by atoms with van der Waals surface area (Å²) >= 11 is 0. The van der Waals surface area contributed by atoms with Crippen molar-refractivity contribution in [2.24, 2.45) is 17.3 Å². The van der Waals surface area contributed by atoms with Crippen molar-refractivity contribution in [3.63, 3.8) is 0 Å². The van der Waals surface area contributed by atoms with Gasteiger partial charge in [0.25, 0.3) is 0 Å². The van der Waals surface area contributed by atoms with Crippen LogP contribution in [-0.2, 0) is 20.7 Å². The number of amides is 1. The molecule has 1 aromatic rings. The van der Waals surface area contributed by atoms with E-state index in [2.05, 4.69) is 23.7 Å². The number of piperidine rings is 1. The lowest BCUT2D eigenvalue weighted by atomic mass is 9.75. The van der Waals surface area contributed by atoms with E-state index in [1.165, 1.54) is 19.3 Å². The first-order valence-electron chi connectivity index (χ1n) is 10.9. The number of nitrogens with zero attached hydrogens (tertiary/aromatic N) is 1. The molecule has 2 saturated heterocycles. The van der Waals surface area contributed by atoms with E-state index in [9.17, 15) is 9.59 Å². The summed E-state index contributed by atoms with van der Waals surface area (Å²) in [7, 11) is 0. The molecular formula is C24H32N2O3. The highest BCUT2D eigenvalue weighted by Gasteiger charge is 2.55. The van der Waals surface area contributed by atoms with Gasteiger partial charge in [-0.1, -0.05) is 37.6 Å². The summed E-state index contributed by atoms with van der Waals surface area (Å²) in [6, 6.07) is 7.90. The van der Waals surface area contributed by atoms with Crippen LogP contribution in [0.4, 0.5) is 5.69 Å². The number of carbonyl (C=O) groups excluding carboxylic acids is 2. The Labute approximate surface area is 173 Å². The summed E-state index contributed by atoms with van der Waals surface area (Å²) in [4.78, 5) is 27.1. The second kappa shape index (κ2) is 8.31. The standard InChI is InChI=1S/C24H32N2O3/c1-3-18-8-10-26(11-9-18)15-22(27)25-21-6-4-19(5-7-21)14-24-13-17(2)12-20(24)16-29-23(24)28/h4-7,18,20H,2-3,8-16H2,1H3,(H,25,27). The predicted molar refractivity (Wildman–Crippen MR) is 113 cm³/mol. The zero-order chi connectivity index (χ0) is 20.4. The number of fused-ring (bicyclic) bond motifs is 1. The molecule has 156 valence electrons. The third kappa shape index (κ3) is 4.25. The molecule has 1 aliphatic carbocycles. The number of rotatable bonds is 6. The van der Waals surface area contributed by atoms with Crippen molar-refractivity contribution in [3.8, 4) is 0 Å². The zero-order valence-electron chi connectivity index (χ0n) is 17.4. The average Bonchev–Trinajstić information content (AvgIpc) is 3.18. The molecule has 0 radical (unpaired) electrons. The van der Waals surface area contributed by atoms with Gasteiger partial charge in [0.1, 0.15) is 0 Å². The Kier molecular flexibility index (Phi) is 5.77. The van der Waals surface area contributed by atoms with Gasteiger partial charge in [0.05, 0.1) is 18.6 Å². The Morgan fingerprint density at radius 3 is 2.69 bits per heavy atom. The van der Waals surface area contributed by atoms with Gasteiger partial charge in [-0.05, 0) is 68.8 Å². The van der Waals surface area contributed by atoms with Crippen molar-refractivity contribution in [1.82, 2.24) is 4.90 Å². The van der Waals surface area contributed by atoms with Gasteiger partial charge in [-0.2, -0.15) is 0 Å². The number of esters is 1. The van der Waals surface area contributed by atoms with E-state index < -0.39 is 5.41 Å². The number of cyclic esters (lactones) is 1. The van der Waals surface area contributed by atoms with Gasteiger partial charge in [-0.15, -0.1) is 0 Å². The van der Waals surface area contributed by atoms with Crippen LogP contribution in [0.25, 0.3) is 0 Å². The number of likely N-dealkylation sites (tertiary alicyclic amines) is 1. The summed E-state index contributed by atoms with van der Waals surface area (Å²) in [5, 5.41) is 3.01. The highest BCUT2D eigenvalue weighted by Crippen LogP contribution is 2.52. The average molecular weight is 397 g/mol. The van der Waals surface area contributed by atoms with Crippen LogP contribution in [0.5, 0.6) is 0 Å². The van der Waals surface area contributed by atoms with Gasteiger partial charge in [-0.3, -0.25) is 14.5 Å². The summed E-state index contributed by atoms with van der Waals surface area (Å²) in [6.07, 6.45) is 5.90. The van der Waals surface area contributed by atoms with Crippen LogP contribution >= 0.6 is 0 Å². The molecule has 2 unspecified atom stereocenters. The molecule has 2 heterocycles. The second-order valence-electron chi connectivity index (χ2n) is 9.13. The number of carbonyl (C=O) groups is 2. The summed E-state index contributed by atoms with van der Waals surface area (Å²) in [5.74, 6) is 1.03. The predicted octanol–water partition coefficient (Wildman–Crippen LogP) is 3.80. The van der Waals surface area contributed by atoms with E-state index in [1.807, 2.05) is 24.3 Å². The van der Waals surface area contributed by atoms with E-state index >= 15 is 0 Å². The Morgan fingerprint density at radius 2 is 2.00 bits per heavy atom. The number of hydrogen-bond acceptors (Lipinski definition) is 4. The van der Waals surface area contributed by atoms with Gasteiger partial charge in [-0.25, -0.2) is 0 Å². The molecule has 5 nitrogen and oxygen atoms in total. The third-order valence-corrected chi connectivity index (χ3v) is 7.11. The smallest absolute Gasteiger partial charge is 0.313 e.